The molecule has 0 aliphatic carbocycles. The van der Waals surface area contributed by atoms with Crippen LogP contribution in [-0.4, -0.2) is 39.4 Å². The van der Waals surface area contributed by atoms with E-state index in [9.17, 15) is 9.59 Å². The van der Waals surface area contributed by atoms with E-state index in [0.29, 0.717) is 31.8 Å². The van der Waals surface area contributed by atoms with Crippen LogP contribution in [0.2, 0.25) is 0 Å². The van der Waals surface area contributed by atoms with Gasteiger partial charge in [0.25, 0.3) is 0 Å². The highest BCUT2D eigenvalue weighted by molar-refractivity contribution is 9.11. The fourth-order valence-corrected chi connectivity index (χ4v) is 5.82. The maximum Gasteiger partial charge on any atom is 0.343 e. The van der Waals surface area contributed by atoms with Gasteiger partial charge in [0.1, 0.15) is 0 Å². The molecule has 206 valence electrons. The Kier molecular flexibility index (Phi) is 9.83. The van der Waals surface area contributed by atoms with Gasteiger partial charge in [-0.3, -0.25) is 4.79 Å². The predicted octanol–water partition coefficient (Wildman–Crippen LogP) is 7.07. The van der Waals surface area contributed by atoms with Gasteiger partial charge in [0.15, 0.2) is 17.2 Å². The van der Waals surface area contributed by atoms with Crippen LogP contribution in [0.3, 0.4) is 0 Å². The predicted molar refractivity (Wildman–Crippen MR) is 164 cm³/mol. The third kappa shape index (κ3) is 6.65. The molecule has 0 aliphatic heterocycles. The summed E-state index contributed by atoms with van der Waals surface area (Å²) in [6, 6.07) is 18.1. The molecule has 0 heterocycles. The second kappa shape index (κ2) is 13.3. The lowest BCUT2D eigenvalue weighted by atomic mass is 10.0. The van der Waals surface area contributed by atoms with Gasteiger partial charge in [-0.1, -0.05) is 62.2 Å². The van der Waals surface area contributed by atoms with Gasteiger partial charge in [-0.15, -0.1) is 0 Å². The maximum absolute atomic E-state index is 13.1. The highest BCUT2D eigenvalue weighted by Crippen LogP contribution is 2.39. The number of hydrazone groups is 1. The molecule has 0 atom stereocenters. The average Bonchev–Trinajstić information content (AvgIpc) is 2.95. The number of fused-ring (bicyclic) bond motifs is 1. The van der Waals surface area contributed by atoms with E-state index in [1.165, 1.54) is 39.7 Å². The molecule has 0 spiro atoms. The van der Waals surface area contributed by atoms with Gasteiger partial charge in [0.05, 0.1) is 44.0 Å². The smallest absolute Gasteiger partial charge is 0.343 e. The quantitative estimate of drug-likeness (QED) is 0.0857. The molecule has 0 saturated carbocycles. The highest BCUT2D eigenvalue weighted by atomic mass is 79.9. The summed E-state index contributed by atoms with van der Waals surface area (Å²) in [5.41, 5.74) is 4.05. The van der Waals surface area contributed by atoms with Crippen molar-refractivity contribution < 1.29 is 28.5 Å². The molecule has 1 amide bonds. The number of halogens is 3. The Hall–Kier alpha value is -3.41. The first-order valence-corrected chi connectivity index (χ1v) is 14.1. The number of hydrogen-bond acceptors (Lipinski definition) is 7. The third-order valence-corrected chi connectivity index (χ3v) is 7.58. The molecule has 0 bridgehead atoms. The van der Waals surface area contributed by atoms with Crippen LogP contribution in [0.5, 0.6) is 23.0 Å². The Balaban J connectivity index is 1.54. The van der Waals surface area contributed by atoms with Crippen LogP contribution in [0.1, 0.15) is 21.5 Å². The molecular weight excluding hydrogens is 712 g/mol. The summed E-state index contributed by atoms with van der Waals surface area (Å²) in [5, 5.41) is 6.11. The van der Waals surface area contributed by atoms with Crippen LogP contribution in [0.4, 0.5) is 0 Å². The molecule has 0 saturated heterocycles. The van der Waals surface area contributed by atoms with Gasteiger partial charge in [-0.25, -0.2) is 10.2 Å². The molecule has 0 radical (unpaired) electrons. The van der Waals surface area contributed by atoms with E-state index in [2.05, 4.69) is 58.3 Å². The van der Waals surface area contributed by atoms with Crippen molar-refractivity contribution in [2.75, 3.05) is 21.3 Å². The van der Waals surface area contributed by atoms with Gasteiger partial charge in [0.2, 0.25) is 11.7 Å². The molecule has 11 heteroatoms. The summed E-state index contributed by atoms with van der Waals surface area (Å²) in [6.45, 7) is 0. The number of hydrogen-bond donors (Lipinski definition) is 1. The Morgan fingerprint density at radius 1 is 0.825 bits per heavy atom. The van der Waals surface area contributed by atoms with Crippen LogP contribution in [0, 0.1) is 0 Å². The van der Waals surface area contributed by atoms with E-state index in [1.54, 1.807) is 12.1 Å². The van der Waals surface area contributed by atoms with Crippen LogP contribution in [-0.2, 0) is 11.2 Å². The van der Waals surface area contributed by atoms with Crippen molar-refractivity contribution in [3.8, 4) is 23.0 Å². The van der Waals surface area contributed by atoms with E-state index in [0.717, 1.165) is 20.8 Å². The molecule has 40 heavy (non-hydrogen) atoms. The molecule has 4 aromatic carbocycles. The zero-order chi connectivity index (χ0) is 28.8. The van der Waals surface area contributed by atoms with Crippen LogP contribution < -0.4 is 24.4 Å². The van der Waals surface area contributed by atoms with Crippen molar-refractivity contribution in [2.45, 2.75) is 6.42 Å². The van der Waals surface area contributed by atoms with Crippen molar-refractivity contribution in [2.24, 2.45) is 5.10 Å². The van der Waals surface area contributed by atoms with Gasteiger partial charge >= 0.3 is 5.97 Å². The first kappa shape index (κ1) is 29.6. The van der Waals surface area contributed by atoms with Crippen molar-refractivity contribution >= 4 is 76.7 Å². The molecule has 4 rings (SSSR count). The van der Waals surface area contributed by atoms with Gasteiger partial charge in [-0.2, -0.15) is 5.10 Å². The first-order valence-electron chi connectivity index (χ1n) is 11.7. The minimum absolute atomic E-state index is 0.135. The van der Waals surface area contributed by atoms with Crippen LogP contribution in [0.25, 0.3) is 10.8 Å². The number of benzene rings is 4. The fourth-order valence-electron chi connectivity index (χ4n) is 4.00. The van der Waals surface area contributed by atoms with E-state index in [4.69, 9.17) is 18.9 Å². The number of ether oxygens (including phenoxy) is 4. The number of carbonyl (C=O) groups excluding carboxylic acids is 2. The minimum atomic E-state index is -0.664. The fraction of sp³-hybridized carbons (Fsp3) is 0.138. The lowest BCUT2D eigenvalue weighted by Crippen LogP contribution is -2.20. The molecule has 0 aliphatic rings. The van der Waals surface area contributed by atoms with E-state index < -0.39 is 5.97 Å². The van der Waals surface area contributed by atoms with Crippen molar-refractivity contribution in [3.63, 3.8) is 0 Å². The zero-order valence-electron chi connectivity index (χ0n) is 21.6. The minimum Gasteiger partial charge on any atom is -0.493 e. The van der Waals surface area contributed by atoms with E-state index in [-0.39, 0.29) is 23.6 Å². The van der Waals surface area contributed by atoms with Crippen molar-refractivity contribution in [3.05, 3.63) is 90.8 Å². The zero-order valence-corrected chi connectivity index (χ0v) is 26.3. The number of nitrogens with one attached hydrogen (secondary N) is 1. The number of esters is 1. The molecule has 0 fully saturated rings. The van der Waals surface area contributed by atoms with E-state index in [1.807, 2.05) is 36.4 Å². The summed E-state index contributed by atoms with van der Waals surface area (Å²) < 4.78 is 23.9. The van der Waals surface area contributed by atoms with Crippen LogP contribution in [0.15, 0.2) is 79.2 Å². The lowest BCUT2D eigenvalue weighted by molar-refractivity contribution is -0.120. The second-order valence-electron chi connectivity index (χ2n) is 8.33. The molecular formula is C29H23Br3N2O6. The monoisotopic (exact) mass is 732 g/mol. The first-order chi connectivity index (χ1) is 19.2. The second-order valence-corrected chi connectivity index (χ2v) is 11.0. The summed E-state index contributed by atoms with van der Waals surface area (Å²) in [7, 11) is 4.39. The molecule has 8 nitrogen and oxygen atoms in total. The number of carbonyl (C=O) groups is 2. The number of amides is 1. The Morgan fingerprint density at radius 3 is 2.15 bits per heavy atom. The third-order valence-electron chi connectivity index (χ3n) is 5.84. The van der Waals surface area contributed by atoms with Gasteiger partial charge in [-0.05, 0) is 62.6 Å². The SMILES string of the molecule is COc1cc(C(=O)Oc2c(Br)cc(Br)cc2/C=N/NC(=O)Cc2ccc(Br)c3ccccc23)cc(OC)c1OC. The Bertz CT molecular complexity index is 1600. The summed E-state index contributed by atoms with van der Waals surface area (Å²) in [4.78, 5) is 25.8. The summed E-state index contributed by atoms with van der Waals surface area (Å²) >= 11 is 10.4. The highest BCUT2D eigenvalue weighted by Gasteiger charge is 2.21. The van der Waals surface area contributed by atoms with E-state index >= 15 is 0 Å². The summed E-state index contributed by atoms with van der Waals surface area (Å²) in [5.74, 6) is 0.222. The van der Waals surface area contributed by atoms with Crippen LogP contribution >= 0.6 is 47.8 Å². The maximum atomic E-state index is 13.1. The van der Waals surface area contributed by atoms with Crippen molar-refractivity contribution in [1.29, 1.82) is 0 Å². The number of nitrogens with zero attached hydrogens (tertiary/aromatic N) is 1. The molecule has 1 N–H and O–H groups in total. The van der Waals surface area contributed by atoms with Gasteiger partial charge < -0.3 is 18.9 Å². The Labute approximate surface area is 256 Å². The average molecular weight is 735 g/mol. The molecule has 0 unspecified atom stereocenters. The Morgan fingerprint density at radius 2 is 1.50 bits per heavy atom. The topological polar surface area (TPSA) is 95.5 Å². The largest absolute Gasteiger partial charge is 0.493 e. The number of methoxy groups -OCH3 is 3. The van der Waals surface area contributed by atoms with Gasteiger partial charge in [0, 0.05) is 14.5 Å². The summed E-state index contributed by atoms with van der Waals surface area (Å²) in [6.07, 6.45) is 1.54. The van der Waals surface area contributed by atoms with Crippen molar-refractivity contribution in [1.82, 2.24) is 5.43 Å². The molecule has 0 aromatic heterocycles. The lowest BCUT2D eigenvalue weighted by Gasteiger charge is -2.15. The molecule has 4 aromatic rings. The standard InChI is InChI=1S/C29H23Br3N2O6/c1-37-24-11-17(12-25(38-2)28(24)39-3)29(36)40-27-18(10-19(30)14-23(27)32)15-33-34-26(35)13-16-8-9-22(31)21-7-5-4-6-20(16)21/h4-12,14-15H,13H2,1-3H3,(H,34,35)/b33-15+. The number of rotatable bonds is 9. The normalized spacial score (nSPS) is 10.9.